The first-order valence-corrected chi connectivity index (χ1v) is 9.11. The minimum Gasteiger partial charge on any atom is -0.361 e. The van der Waals surface area contributed by atoms with Crippen LogP contribution in [0.1, 0.15) is 38.5 Å². The van der Waals surface area contributed by atoms with E-state index in [2.05, 4.69) is 17.1 Å². The van der Waals surface area contributed by atoms with Gasteiger partial charge in [-0.15, -0.1) is 0 Å². The number of hydrogen-bond donors (Lipinski definition) is 1. The Morgan fingerprint density at radius 3 is 2.88 bits per heavy atom. The Morgan fingerprint density at radius 2 is 2.00 bits per heavy atom. The van der Waals surface area contributed by atoms with Crippen LogP contribution < -0.4 is 5.32 Å². The molecule has 96 valence electrons. The Bertz CT molecular complexity index is 287. The largest absolute Gasteiger partial charge is 0.361 e. The highest BCUT2D eigenvalue weighted by atomic mass is 32.2. The topological polar surface area (TPSA) is 24.4 Å². The first-order chi connectivity index (χ1) is 8.42. The van der Waals surface area contributed by atoms with E-state index < -0.39 is 0 Å². The van der Waals surface area contributed by atoms with E-state index in [-0.39, 0.29) is 0 Å². The second-order valence-electron chi connectivity index (χ2n) is 5.42. The predicted octanol–water partition coefficient (Wildman–Crippen LogP) is 3.13. The molecule has 3 rings (SSSR count). The van der Waals surface area contributed by atoms with Gasteiger partial charge >= 0.3 is 0 Å². The number of nitrogens with one attached hydrogen (secondary N) is 1. The molecule has 3 atom stereocenters. The standard InChI is InChI=1S/C13H22N2S2/c1-2-6-12-10(4-1)8-17-13(15-12)14-11-5-3-7-16-9-11/h10-12H,1-9H2,(H,14,15). The molecule has 0 radical (unpaired) electrons. The van der Waals surface area contributed by atoms with Crippen LogP contribution in [0.2, 0.25) is 0 Å². The van der Waals surface area contributed by atoms with E-state index in [0.29, 0.717) is 12.1 Å². The van der Waals surface area contributed by atoms with Crippen molar-refractivity contribution < 1.29 is 0 Å². The molecule has 2 fully saturated rings. The second-order valence-corrected chi connectivity index (χ2v) is 7.57. The van der Waals surface area contributed by atoms with Gasteiger partial charge in [-0.25, -0.2) is 0 Å². The maximum Gasteiger partial charge on any atom is 0.157 e. The summed E-state index contributed by atoms with van der Waals surface area (Å²) >= 11 is 4.06. The predicted molar refractivity (Wildman–Crippen MR) is 79.1 cm³/mol. The average Bonchev–Trinajstić information content (AvgIpc) is 2.40. The van der Waals surface area contributed by atoms with Crippen molar-refractivity contribution in [2.75, 3.05) is 17.3 Å². The number of thioether (sulfide) groups is 2. The Kier molecular flexibility index (Phi) is 4.22. The lowest BCUT2D eigenvalue weighted by Crippen LogP contribution is -2.41. The summed E-state index contributed by atoms with van der Waals surface area (Å²) in [7, 11) is 0. The zero-order valence-electron chi connectivity index (χ0n) is 10.4. The fourth-order valence-electron chi connectivity index (χ4n) is 3.03. The first-order valence-electron chi connectivity index (χ1n) is 6.97. The Morgan fingerprint density at radius 1 is 1.06 bits per heavy atom. The number of hydrogen-bond acceptors (Lipinski definition) is 4. The Balaban J connectivity index is 1.57. The lowest BCUT2D eigenvalue weighted by molar-refractivity contribution is 0.335. The second kappa shape index (κ2) is 5.87. The van der Waals surface area contributed by atoms with Gasteiger partial charge in [0.2, 0.25) is 0 Å². The number of amidine groups is 1. The van der Waals surface area contributed by atoms with Gasteiger partial charge in [0.25, 0.3) is 0 Å². The third-order valence-corrected chi connectivity index (χ3v) is 6.38. The zero-order chi connectivity index (χ0) is 11.5. The highest BCUT2D eigenvalue weighted by molar-refractivity contribution is 8.13. The number of nitrogens with zero attached hydrogens (tertiary/aromatic N) is 1. The number of rotatable bonds is 1. The number of fused-ring (bicyclic) bond motifs is 1. The van der Waals surface area contributed by atoms with Gasteiger partial charge in [0, 0.05) is 17.5 Å². The Labute approximate surface area is 113 Å². The monoisotopic (exact) mass is 270 g/mol. The summed E-state index contributed by atoms with van der Waals surface area (Å²) in [4.78, 5) is 4.96. The van der Waals surface area contributed by atoms with Crippen molar-refractivity contribution >= 4 is 28.7 Å². The van der Waals surface area contributed by atoms with Crippen molar-refractivity contribution in [1.82, 2.24) is 5.32 Å². The molecule has 1 saturated heterocycles. The van der Waals surface area contributed by atoms with Gasteiger partial charge in [-0.3, -0.25) is 4.99 Å². The van der Waals surface area contributed by atoms with Crippen molar-refractivity contribution in [2.24, 2.45) is 10.9 Å². The van der Waals surface area contributed by atoms with E-state index in [9.17, 15) is 0 Å². The van der Waals surface area contributed by atoms with Crippen molar-refractivity contribution in [3.63, 3.8) is 0 Å². The fourth-order valence-corrected chi connectivity index (χ4v) is 5.33. The molecule has 0 aromatic heterocycles. The van der Waals surface area contributed by atoms with E-state index in [1.54, 1.807) is 0 Å². The van der Waals surface area contributed by atoms with E-state index in [1.165, 1.54) is 61.0 Å². The SMILES string of the molecule is C1CSCC(NC2=NC3CCCCC3CS2)C1. The third kappa shape index (κ3) is 3.14. The Hall–Kier alpha value is 0.170. The normalized spacial score (nSPS) is 38.1. The van der Waals surface area contributed by atoms with Crippen LogP contribution in [0.25, 0.3) is 0 Å². The minimum absolute atomic E-state index is 0.642. The van der Waals surface area contributed by atoms with Crippen LogP contribution in [-0.4, -0.2) is 34.5 Å². The van der Waals surface area contributed by atoms with Crippen LogP contribution in [0.3, 0.4) is 0 Å². The molecule has 17 heavy (non-hydrogen) atoms. The third-order valence-electron chi connectivity index (χ3n) is 4.07. The molecule has 0 spiro atoms. The quantitative estimate of drug-likeness (QED) is 0.792. The molecule has 0 aromatic carbocycles. The van der Waals surface area contributed by atoms with Gasteiger partial charge in [0.1, 0.15) is 0 Å². The zero-order valence-corrected chi connectivity index (χ0v) is 12.0. The minimum atomic E-state index is 0.642. The lowest BCUT2D eigenvalue weighted by Gasteiger charge is -2.34. The lowest BCUT2D eigenvalue weighted by atomic mass is 9.86. The molecule has 0 bridgehead atoms. The molecule has 0 aromatic rings. The molecule has 2 aliphatic heterocycles. The fraction of sp³-hybridized carbons (Fsp3) is 0.923. The first kappa shape index (κ1) is 12.2. The maximum absolute atomic E-state index is 4.96. The van der Waals surface area contributed by atoms with Gasteiger partial charge in [-0.05, 0) is 37.4 Å². The van der Waals surface area contributed by atoms with Crippen LogP contribution in [0.15, 0.2) is 4.99 Å². The van der Waals surface area contributed by atoms with E-state index >= 15 is 0 Å². The molecule has 1 N–H and O–H groups in total. The smallest absolute Gasteiger partial charge is 0.157 e. The molecule has 3 unspecified atom stereocenters. The highest BCUT2D eigenvalue weighted by Gasteiger charge is 2.29. The summed E-state index contributed by atoms with van der Waals surface area (Å²) in [5, 5.41) is 4.93. The van der Waals surface area contributed by atoms with Crippen molar-refractivity contribution in [3.05, 3.63) is 0 Å². The van der Waals surface area contributed by atoms with Crippen LogP contribution in [0.5, 0.6) is 0 Å². The van der Waals surface area contributed by atoms with Gasteiger partial charge in [0.15, 0.2) is 5.17 Å². The van der Waals surface area contributed by atoms with Gasteiger partial charge in [-0.1, -0.05) is 24.6 Å². The van der Waals surface area contributed by atoms with Crippen molar-refractivity contribution in [3.8, 4) is 0 Å². The summed E-state index contributed by atoms with van der Waals surface area (Å²) in [5.41, 5.74) is 0. The maximum atomic E-state index is 4.96. The molecule has 4 heteroatoms. The highest BCUT2D eigenvalue weighted by Crippen LogP contribution is 2.33. The van der Waals surface area contributed by atoms with Crippen LogP contribution in [0.4, 0.5) is 0 Å². The van der Waals surface area contributed by atoms with Crippen LogP contribution in [0, 0.1) is 5.92 Å². The van der Waals surface area contributed by atoms with Crippen LogP contribution >= 0.6 is 23.5 Å². The molecule has 2 heterocycles. The summed E-state index contributed by atoms with van der Waals surface area (Å²) < 4.78 is 0. The summed E-state index contributed by atoms with van der Waals surface area (Å²) in [5.74, 6) is 4.80. The van der Waals surface area contributed by atoms with E-state index in [4.69, 9.17) is 4.99 Å². The molecule has 0 amide bonds. The van der Waals surface area contributed by atoms with Gasteiger partial charge < -0.3 is 5.32 Å². The molecule has 1 saturated carbocycles. The van der Waals surface area contributed by atoms with Gasteiger partial charge in [-0.2, -0.15) is 11.8 Å². The summed E-state index contributed by atoms with van der Waals surface area (Å²) in [6.45, 7) is 0. The number of aliphatic imine (C=N–C) groups is 1. The van der Waals surface area contributed by atoms with Crippen LogP contribution in [-0.2, 0) is 0 Å². The molecular formula is C13H22N2S2. The van der Waals surface area contributed by atoms with Gasteiger partial charge in [0.05, 0.1) is 6.04 Å². The van der Waals surface area contributed by atoms with E-state index in [0.717, 1.165) is 5.92 Å². The average molecular weight is 270 g/mol. The molecule has 3 aliphatic rings. The molecule has 2 nitrogen and oxygen atoms in total. The summed E-state index contributed by atoms with van der Waals surface area (Å²) in [6, 6.07) is 1.32. The molecular weight excluding hydrogens is 248 g/mol. The van der Waals surface area contributed by atoms with Crippen molar-refractivity contribution in [1.29, 1.82) is 0 Å². The van der Waals surface area contributed by atoms with E-state index in [1.807, 2.05) is 11.8 Å². The van der Waals surface area contributed by atoms with Crippen molar-refractivity contribution in [2.45, 2.75) is 50.6 Å². The molecule has 1 aliphatic carbocycles. The summed E-state index contributed by atoms with van der Waals surface area (Å²) in [6.07, 6.45) is 8.26.